The van der Waals surface area contributed by atoms with Gasteiger partial charge in [0.15, 0.2) is 0 Å². The van der Waals surface area contributed by atoms with Crippen LogP contribution in [-0.2, 0) is 0 Å². The summed E-state index contributed by atoms with van der Waals surface area (Å²) in [5, 5.41) is 9.46. The molecule has 24 heavy (non-hydrogen) atoms. The van der Waals surface area contributed by atoms with Gasteiger partial charge in [-0.2, -0.15) is 0 Å². The predicted molar refractivity (Wildman–Crippen MR) is 81.3 cm³/mol. The van der Waals surface area contributed by atoms with E-state index < -0.39 is 12.3 Å². The van der Waals surface area contributed by atoms with Crippen LogP contribution in [0.15, 0.2) is 24.3 Å². The van der Waals surface area contributed by atoms with Crippen molar-refractivity contribution in [2.75, 3.05) is 0 Å². The first kappa shape index (κ1) is 16.4. The number of carboxylic acid groups (broad SMARTS) is 1. The average molecular weight is 339 g/mol. The summed E-state index contributed by atoms with van der Waals surface area (Å²) in [5.74, 6) is -1.41. The van der Waals surface area contributed by atoms with E-state index in [-0.39, 0.29) is 22.9 Å². The number of benzene rings is 1. The largest absolute Gasteiger partial charge is 0.573 e. The minimum Gasteiger partial charge on any atom is -0.478 e. The maximum absolute atomic E-state index is 12.7. The van der Waals surface area contributed by atoms with E-state index >= 15 is 0 Å². The molecular weight excluding hydrogens is 323 g/mol. The van der Waals surface area contributed by atoms with Gasteiger partial charge in [0.2, 0.25) is 0 Å². The SMILES string of the molecule is Cc1c(C(=O)O)c(C)n(C2CC2)c1-c1ccccc1OC(F)(F)F. The van der Waals surface area contributed by atoms with Gasteiger partial charge < -0.3 is 14.4 Å². The van der Waals surface area contributed by atoms with Gasteiger partial charge in [0.1, 0.15) is 5.75 Å². The molecule has 0 radical (unpaired) electrons. The van der Waals surface area contributed by atoms with Crippen molar-refractivity contribution in [1.29, 1.82) is 0 Å². The summed E-state index contributed by atoms with van der Waals surface area (Å²) in [6, 6.07) is 5.94. The fraction of sp³-hybridized carbons (Fsp3) is 0.353. The molecule has 0 amide bonds. The van der Waals surface area contributed by atoms with Crippen LogP contribution in [0, 0.1) is 13.8 Å². The lowest BCUT2D eigenvalue weighted by Crippen LogP contribution is -2.18. The fourth-order valence-corrected chi connectivity index (χ4v) is 3.17. The van der Waals surface area contributed by atoms with Crippen molar-refractivity contribution < 1.29 is 27.8 Å². The molecule has 0 saturated heterocycles. The lowest BCUT2D eigenvalue weighted by Gasteiger charge is -2.16. The monoisotopic (exact) mass is 339 g/mol. The Morgan fingerprint density at radius 2 is 1.88 bits per heavy atom. The van der Waals surface area contributed by atoms with Crippen molar-refractivity contribution in [2.45, 2.75) is 39.1 Å². The summed E-state index contributed by atoms with van der Waals surface area (Å²) in [5.41, 5.74) is 1.87. The highest BCUT2D eigenvalue weighted by molar-refractivity contribution is 5.94. The van der Waals surface area contributed by atoms with Crippen LogP contribution in [0.2, 0.25) is 0 Å². The first-order valence-corrected chi connectivity index (χ1v) is 7.50. The molecule has 1 heterocycles. The van der Waals surface area contributed by atoms with Crippen molar-refractivity contribution >= 4 is 5.97 Å². The number of carbonyl (C=O) groups is 1. The Bertz CT molecular complexity index is 804. The molecule has 1 aromatic carbocycles. The van der Waals surface area contributed by atoms with E-state index in [1.54, 1.807) is 19.9 Å². The van der Waals surface area contributed by atoms with Gasteiger partial charge in [0.05, 0.1) is 11.3 Å². The standard InChI is InChI=1S/C17H16F3NO3/c1-9-14(16(22)23)10(2)21(11-7-8-11)15(9)12-5-3-4-6-13(12)24-17(18,19)20/h3-6,11H,7-8H2,1-2H3,(H,22,23). The molecule has 0 aliphatic heterocycles. The van der Waals surface area contributed by atoms with Crippen LogP contribution in [0.25, 0.3) is 11.3 Å². The molecule has 1 fully saturated rings. The summed E-state index contributed by atoms with van der Waals surface area (Å²) >= 11 is 0. The third kappa shape index (κ3) is 2.86. The van der Waals surface area contributed by atoms with Crippen LogP contribution in [-0.4, -0.2) is 22.0 Å². The quantitative estimate of drug-likeness (QED) is 0.878. The normalized spacial score (nSPS) is 14.7. The van der Waals surface area contributed by atoms with Crippen molar-refractivity contribution in [3.63, 3.8) is 0 Å². The third-order valence-electron chi connectivity index (χ3n) is 4.19. The highest BCUT2D eigenvalue weighted by Crippen LogP contribution is 2.45. The van der Waals surface area contributed by atoms with Gasteiger partial charge in [0, 0.05) is 17.3 Å². The molecule has 7 heteroatoms. The van der Waals surface area contributed by atoms with Gasteiger partial charge >= 0.3 is 12.3 Å². The number of hydrogen-bond donors (Lipinski definition) is 1. The molecule has 3 rings (SSSR count). The Hall–Kier alpha value is -2.44. The van der Waals surface area contributed by atoms with Gasteiger partial charge in [0.25, 0.3) is 0 Å². The van der Waals surface area contributed by atoms with Crippen LogP contribution < -0.4 is 4.74 Å². The van der Waals surface area contributed by atoms with E-state index in [0.717, 1.165) is 12.8 Å². The molecule has 0 spiro atoms. The molecule has 2 aromatic rings. The molecule has 128 valence electrons. The number of para-hydroxylation sites is 1. The number of ether oxygens (including phenoxy) is 1. The Morgan fingerprint density at radius 1 is 1.25 bits per heavy atom. The molecule has 1 aromatic heterocycles. The van der Waals surface area contributed by atoms with E-state index in [9.17, 15) is 23.1 Å². The number of aromatic nitrogens is 1. The van der Waals surface area contributed by atoms with Gasteiger partial charge in [-0.1, -0.05) is 12.1 Å². The number of carboxylic acids is 1. The van der Waals surface area contributed by atoms with E-state index in [4.69, 9.17) is 0 Å². The number of alkyl halides is 3. The molecule has 4 nitrogen and oxygen atoms in total. The van der Waals surface area contributed by atoms with Crippen LogP contribution in [0.1, 0.15) is 40.5 Å². The lowest BCUT2D eigenvalue weighted by molar-refractivity contribution is -0.274. The average Bonchev–Trinajstić information content (AvgIpc) is 3.24. The van der Waals surface area contributed by atoms with Crippen molar-refractivity contribution in [2.24, 2.45) is 0 Å². The second-order valence-electron chi connectivity index (χ2n) is 5.88. The summed E-state index contributed by atoms with van der Waals surface area (Å²) < 4.78 is 44.1. The Labute approximate surface area is 136 Å². The molecule has 0 unspecified atom stereocenters. The molecule has 1 N–H and O–H groups in total. The zero-order valence-electron chi connectivity index (χ0n) is 13.1. The molecule has 1 aliphatic rings. The maximum atomic E-state index is 12.7. The Morgan fingerprint density at radius 3 is 2.42 bits per heavy atom. The van der Waals surface area contributed by atoms with Gasteiger partial charge in [-0.3, -0.25) is 0 Å². The van der Waals surface area contributed by atoms with Gasteiger partial charge in [-0.25, -0.2) is 4.79 Å². The minimum absolute atomic E-state index is 0.116. The zero-order valence-corrected chi connectivity index (χ0v) is 13.1. The van der Waals surface area contributed by atoms with Crippen LogP contribution in [0.5, 0.6) is 5.75 Å². The lowest BCUT2D eigenvalue weighted by atomic mass is 10.0. The number of aromatic carboxylic acids is 1. The number of hydrogen-bond acceptors (Lipinski definition) is 2. The van der Waals surface area contributed by atoms with E-state index in [0.29, 0.717) is 17.0 Å². The van der Waals surface area contributed by atoms with E-state index in [1.807, 2.05) is 4.57 Å². The van der Waals surface area contributed by atoms with E-state index in [2.05, 4.69) is 4.74 Å². The van der Waals surface area contributed by atoms with Gasteiger partial charge in [-0.05, 0) is 44.4 Å². The van der Waals surface area contributed by atoms with Gasteiger partial charge in [-0.15, -0.1) is 13.2 Å². The molecule has 1 saturated carbocycles. The summed E-state index contributed by atoms with van der Waals surface area (Å²) in [6.07, 6.45) is -3.06. The van der Waals surface area contributed by atoms with E-state index in [1.165, 1.54) is 18.2 Å². The van der Waals surface area contributed by atoms with Crippen molar-refractivity contribution in [1.82, 2.24) is 4.57 Å². The predicted octanol–water partition coefficient (Wildman–Crippen LogP) is 4.70. The van der Waals surface area contributed by atoms with Crippen LogP contribution >= 0.6 is 0 Å². The van der Waals surface area contributed by atoms with Crippen molar-refractivity contribution in [3.05, 3.63) is 41.1 Å². The third-order valence-corrected chi connectivity index (χ3v) is 4.19. The minimum atomic E-state index is -4.81. The van der Waals surface area contributed by atoms with Crippen LogP contribution in [0.3, 0.4) is 0 Å². The molecule has 0 bridgehead atoms. The Balaban J connectivity index is 2.24. The molecule has 0 atom stereocenters. The number of rotatable bonds is 4. The molecular formula is C17H16F3NO3. The highest BCUT2D eigenvalue weighted by Gasteiger charge is 2.36. The summed E-state index contributed by atoms with van der Waals surface area (Å²) in [7, 11) is 0. The first-order chi connectivity index (χ1) is 11.2. The zero-order chi connectivity index (χ0) is 17.6. The first-order valence-electron chi connectivity index (χ1n) is 7.50. The summed E-state index contributed by atoms with van der Waals surface area (Å²) in [6.45, 7) is 3.31. The topological polar surface area (TPSA) is 51.5 Å². The smallest absolute Gasteiger partial charge is 0.478 e. The summed E-state index contributed by atoms with van der Waals surface area (Å²) in [4.78, 5) is 11.6. The Kier molecular flexibility index (Phi) is 3.81. The molecule has 1 aliphatic carbocycles. The second kappa shape index (κ2) is 5.58. The number of nitrogens with zero attached hydrogens (tertiary/aromatic N) is 1. The highest BCUT2D eigenvalue weighted by atomic mass is 19.4. The fourth-order valence-electron chi connectivity index (χ4n) is 3.17. The van der Waals surface area contributed by atoms with Crippen molar-refractivity contribution in [3.8, 4) is 17.0 Å². The number of halogens is 3. The van der Waals surface area contributed by atoms with Crippen LogP contribution in [0.4, 0.5) is 13.2 Å². The second-order valence-corrected chi connectivity index (χ2v) is 5.88. The maximum Gasteiger partial charge on any atom is 0.573 e.